The fraction of sp³-hybridized carbons (Fsp3) is 0.600. The smallest absolute Gasteiger partial charge is 0.254 e. The van der Waals surface area contributed by atoms with E-state index < -0.39 is 0 Å². The van der Waals surface area contributed by atoms with Gasteiger partial charge in [-0.3, -0.25) is 9.59 Å². The molecule has 0 aromatic heterocycles. The summed E-state index contributed by atoms with van der Waals surface area (Å²) in [6.45, 7) is 6.38. The lowest BCUT2D eigenvalue weighted by Crippen LogP contribution is -2.40. The lowest BCUT2D eigenvalue weighted by Gasteiger charge is -2.27. The Balaban J connectivity index is 1.45. The summed E-state index contributed by atoms with van der Waals surface area (Å²) in [5, 5.41) is 6.45. The van der Waals surface area contributed by atoms with E-state index in [1.807, 2.05) is 30.0 Å². The minimum absolute atomic E-state index is 0.00467. The first kappa shape index (κ1) is 17.5. The minimum atomic E-state index is 0.00467. The Bertz CT molecular complexity index is 706. The lowest BCUT2D eigenvalue weighted by molar-refractivity contribution is -0.118. The van der Waals surface area contributed by atoms with Crippen LogP contribution in [0.1, 0.15) is 35.2 Å². The van der Waals surface area contributed by atoms with Gasteiger partial charge in [-0.05, 0) is 62.4 Å². The molecule has 2 amide bonds. The molecule has 3 fully saturated rings. The van der Waals surface area contributed by atoms with Crippen molar-refractivity contribution in [2.45, 2.75) is 26.2 Å². The summed E-state index contributed by atoms with van der Waals surface area (Å²) >= 11 is 0. The molecule has 1 aromatic carbocycles. The molecule has 6 heteroatoms. The monoisotopic (exact) mass is 357 g/mol. The second-order valence-electron chi connectivity index (χ2n) is 7.79. The van der Waals surface area contributed by atoms with Gasteiger partial charge in [-0.2, -0.15) is 0 Å². The summed E-state index contributed by atoms with van der Waals surface area (Å²) in [5.74, 6) is 0.221. The zero-order valence-corrected chi connectivity index (χ0v) is 15.3. The predicted octanol–water partition coefficient (Wildman–Crippen LogP) is 1.80. The number of rotatable bonds is 3. The first-order valence-electron chi connectivity index (χ1n) is 9.58. The molecule has 1 unspecified atom stereocenters. The van der Waals surface area contributed by atoms with Crippen molar-refractivity contribution in [3.8, 4) is 0 Å². The number of amides is 2. The number of aryl methyl sites for hydroxylation is 1. The lowest BCUT2D eigenvalue weighted by atomic mass is 9.91. The maximum Gasteiger partial charge on any atom is 0.254 e. The number of piperidine rings is 1. The maximum atomic E-state index is 12.7. The summed E-state index contributed by atoms with van der Waals surface area (Å²) in [6.07, 6.45) is 3.16. The Morgan fingerprint density at radius 1 is 1.23 bits per heavy atom. The van der Waals surface area contributed by atoms with Crippen molar-refractivity contribution in [2.24, 2.45) is 11.3 Å². The highest BCUT2D eigenvalue weighted by Gasteiger charge is 2.57. The van der Waals surface area contributed by atoms with Gasteiger partial charge in [0.2, 0.25) is 5.91 Å². The molecule has 2 saturated heterocycles. The molecule has 6 nitrogen and oxygen atoms in total. The molecule has 3 aliphatic rings. The number of ether oxygens (including phenoxy) is 1. The molecule has 1 spiro atoms. The highest BCUT2D eigenvalue weighted by molar-refractivity contribution is 5.99. The van der Waals surface area contributed by atoms with Crippen LogP contribution in [0.3, 0.4) is 0 Å². The van der Waals surface area contributed by atoms with Gasteiger partial charge in [0.15, 0.2) is 0 Å². The highest BCUT2D eigenvalue weighted by Crippen LogP contribution is 2.58. The summed E-state index contributed by atoms with van der Waals surface area (Å²) in [7, 11) is 0. The van der Waals surface area contributed by atoms with Crippen LogP contribution in [0.2, 0.25) is 0 Å². The molecule has 140 valence electrons. The van der Waals surface area contributed by atoms with Gasteiger partial charge in [0.05, 0.1) is 13.2 Å². The summed E-state index contributed by atoms with van der Waals surface area (Å²) < 4.78 is 5.31. The van der Waals surface area contributed by atoms with Crippen molar-refractivity contribution < 1.29 is 14.3 Å². The third-order valence-corrected chi connectivity index (χ3v) is 6.15. The maximum absolute atomic E-state index is 12.7. The molecule has 2 heterocycles. The van der Waals surface area contributed by atoms with Gasteiger partial charge in [0.25, 0.3) is 5.91 Å². The van der Waals surface area contributed by atoms with E-state index in [-0.39, 0.29) is 23.1 Å². The van der Waals surface area contributed by atoms with Crippen LogP contribution in [0, 0.1) is 18.3 Å². The Kier molecular flexibility index (Phi) is 4.71. The van der Waals surface area contributed by atoms with E-state index in [1.165, 1.54) is 0 Å². The van der Waals surface area contributed by atoms with E-state index in [2.05, 4.69) is 10.6 Å². The molecule has 0 radical (unpaired) electrons. The average Bonchev–Trinajstić information content (AvgIpc) is 3.37. The number of benzene rings is 1. The van der Waals surface area contributed by atoms with Crippen LogP contribution in [0.25, 0.3) is 0 Å². The Hall–Kier alpha value is -1.92. The number of nitrogens with one attached hydrogen (secondary N) is 2. The molecular weight excluding hydrogens is 330 g/mol. The second-order valence-corrected chi connectivity index (χ2v) is 7.79. The van der Waals surface area contributed by atoms with Gasteiger partial charge in [-0.15, -0.1) is 0 Å². The van der Waals surface area contributed by atoms with Crippen LogP contribution in [0.5, 0.6) is 0 Å². The second kappa shape index (κ2) is 7.00. The SMILES string of the molecule is Cc1ccc(C(=O)N2CCOCC2)cc1NC(=O)C1CC12CCNCC2. The fourth-order valence-corrected chi connectivity index (χ4v) is 4.25. The number of carbonyl (C=O) groups is 2. The fourth-order valence-electron chi connectivity index (χ4n) is 4.25. The number of nitrogens with zero attached hydrogens (tertiary/aromatic N) is 1. The summed E-state index contributed by atoms with van der Waals surface area (Å²) in [5.41, 5.74) is 2.58. The largest absolute Gasteiger partial charge is 0.378 e. The van der Waals surface area contributed by atoms with Crippen LogP contribution >= 0.6 is 0 Å². The number of anilines is 1. The Morgan fingerprint density at radius 2 is 1.96 bits per heavy atom. The van der Waals surface area contributed by atoms with Crippen molar-refractivity contribution in [1.29, 1.82) is 0 Å². The van der Waals surface area contributed by atoms with Crippen molar-refractivity contribution in [1.82, 2.24) is 10.2 Å². The van der Waals surface area contributed by atoms with Crippen LogP contribution < -0.4 is 10.6 Å². The number of carbonyl (C=O) groups excluding carboxylic acids is 2. The minimum Gasteiger partial charge on any atom is -0.378 e. The zero-order valence-electron chi connectivity index (χ0n) is 15.3. The van der Waals surface area contributed by atoms with Crippen LogP contribution in [0.15, 0.2) is 18.2 Å². The van der Waals surface area contributed by atoms with Crippen LogP contribution in [0.4, 0.5) is 5.69 Å². The van der Waals surface area contributed by atoms with Gasteiger partial charge in [-0.1, -0.05) is 6.07 Å². The summed E-state index contributed by atoms with van der Waals surface area (Å²) in [6, 6.07) is 5.58. The molecule has 2 N–H and O–H groups in total. The molecule has 1 aromatic rings. The van der Waals surface area contributed by atoms with E-state index in [0.29, 0.717) is 31.9 Å². The van der Waals surface area contributed by atoms with Gasteiger partial charge in [0.1, 0.15) is 0 Å². The quantitative estimate of drug-likeness (QED) is 0.865. The van der Waals surface area contributed by atoms with Gasteiger partial charge < -0.3 is 20.3 Å². The van der Waals surface area contributed by atoms with E-state index in [4.69, 9.17) is 4.74 Å². The molecular formula is C20H27N3O3. The topological polar surface area (TPSA) is 70.7 Å². The van der Waals surface area contributed by atoms with Gasteiger partial charge in [0, 0.05) is 30.3 Å². The standard InChI is InChI=1S/C20H27N3O3/c1-14-2-3-15(19(25)23-8-10-26-11-9-23)12-17(14)22-18(24)16-13-20(16)4-6-21-7-5-20/h2-3,12,16,21H,4-11,13H2,1H3,(H,22,24). The first-order chi connectivity index (χ1) is 12.6. The molecule has 1 aliphatic carbocycles. The molecule has 4 rings (SSSR count). The van der Waals surface area contributed by atoms with Gasteiger partial charge >= 0.3 is 0 Å². The van der Waals surface area contributed by atoms with Crippen molar-refractivity contribution in [3.05, 3.63) is 29.3 Å². The van der Waals surface area contributed by atoms with Crippen molar-refractivity contribution >= 4 is 17.5 Å². The average molecular weight is 357 g/mol. The number of morpholine rings is 1. The van der Waals surface area contributed by atoms with E-state index in [9.17, 15) is 9.59 Å². The normalized spacial score (nSPS) is 24.3. The van der Waals surface area contributed by atoms with E-state index >= 15 is 0 Å². The summed E-state index contributed by atoms with van der Waals surface area (Å²) in [4.78, 5) is 27.2. The third kappa shape index (κ3) is 3.35. The van der Waals surface area contributed by atoms with Crippen molar-refractivity contribution in [3.63, 3.8) is 0 Å². The van der Waals surface area contributed by atoms with Crippen LogP contribution in [-0.4, -0.2) is 56.1 Å². The third-order valence-electron chi connectivity index (χ3n) is 6.15. The molecule has 1 saturated carbocycles. The number of hydrogen-bond acceptors (Lipinski definition) is 4. The number of hydrogen-bond donors (Lipinski definition) is 2. The molecule has 2 aliphatic heterocycles. The zero-order chi connectivity index (χ0) is 18.1. The Morgan fingerprint density at radius 3 is 2.69 bits per heavy atom. The van der Waals surface area contributed by atoms with Gasteiger partial charge in [-0.25, -0.2) is 0 Å². The van der Waals surface area contributed by atoms with Crippen LogP contribution in [-0.2, 0) is 9.53 Å². The predicted molar refractivity (Wildman–Crippen MR) is 99.2 cm³/mol. The van der Waals surface area contributed by atoms with E-state index in [1.54, 1.807) is 0 Å². The van der Waals surface area contributed by atoms with Crippen molar-refractivity contribution in [2.75, 3.05) is 44.7 Å². The Labute approximate surface area is 154 Å². The molecule has 26 heavy (non-hydrogen) atoms. The molecule has 1 atom stereocenters. The van der Waals surface area contributed by atoms with E-state index in [0.717, 1.165) is 43.6 Å². The highest BCUT2D eigenvalue weighted by atomic mass is 16.5. The molecule has 0 bridgehead atoms. The first-order valence-corrected chi connectivity index (χ1v) is 9.58.